The highest BCUT2D eigenvalue weighted by molar-refractivity contribution is 7.89. The van der Waals surface area contributed by atoms with Gasteiger partial charge in [0.15, 0.2) is 5.69 Å². The molecule has 2 heterocycles. The molecule has 2 rings (SSSR count). The van der Waals surface area contributed by atoms with E-state index >= 15 is 0 Å². The Morgan fingerprint density at radius 2 is 2.22 bits per heavy atom. The standard InChI is InChI=1S/C14H20N2O6S/c1-21-8-11(22-2)9-23(19,20)16-6-4-12-10(7-16)3-5-15-13(12)14(17)18/h3,5,11H,4,6-9H2,1-2H3,(H,17,18)/t11-/m0/s1. The van der Waals surface area contributed by atoms with Crippen molar-refractivity contribution in [2.24, 2.45) is 0 Å². The van der Waals surface area contributed by atoms with Gasteiger partial charge in [0, 0.05) is 33.5 Å². The van der Waals surface area contributed by atoms with Gasteiger partial charge >= 0.3 is 5.97 Å². The third-order valence-electron chi connectivity index (χ3n) is 3.79. The number of hydrogen-bond donors (Lipinski definition) is 1. The maximum Gasteiger partial charge on any atom is 0.354 e. The second-order valence-corrected chi connectivity index (χ2v) is 7.29. The summed E-state index contributed by atoms with van der Waals surface area (Å²) in [4.78, 5) is 15.0. The van der Waals surface area contributed by atoms with Crippen molar-refractivity contribution in [3.05, 3.63) is 29.1 Å². The first-order valence-corrected chi connectivity index (χ1v) is 8.69. The molecule has 1 aliphatic rings. The predicted molar refractivity (Wildman–Crippen MR) is 81.8 cm³/mol. The lowest BCUT2D eigenvalue weighted by Gasteiger charge is -2.29. The molecule has 0 radical (unpaired) electrons. The molecule has 0 saturated heterocycles. The van der Waals surface area contributed by atoms with Crippen molar-refractivity contribution >= 4 is 16.0 Å². The zero-order valence-corrected chi connectivity index (χ0v) is 13.9. The molecule has 0 unspecified atom stereocenters. The van der Waals surface area contributed by atoms with E-state index in [1.54, 1.807) is 6.07 Å². The number of nitrogens with zero attached hydrogens (tertiary/aromatic N) is 2. The number of aromatic nitrogens is 1. The summed E-state index contributed by atoms with van der Waals surface area (Å²) >= 11 is 0. The number of carboxylic acids is 1. The molecule has 0 bridgehead atoms. The molecule has 0 aliphatic carbocycles. The van der Waals surface area contributed by atoms with Crippen LogP contribution in [-0.2, 0) is 32.5 Å². The van der Waals surface area contributed by atoms with Crippen molar-refractivity contribution in [2.75, 3.05) is 33.1 Å². The highest BCUT2D eigenvalue weighted by atomic mass is 32.2. The van der Waals surface area contributed by atoms with E-state index in [9.17, 15) is 13.2 Å². The lowest BCUT2D eigenvalue weighted by atomic mass is 10.00. The van der Waals surface area contributed by atoms with Crippen LogP contribution < -0.4 is 0 Å². The van der Waals surface area contributed by atoms with Gasteiger partial charge in [0.1, 0.15) is 0 Å². The fourth-order valence-electron chi connectivity index (χ4n) is 2.60. The van der Waals surface area contributed by atoms with Gasteiger partial charge in [0.25, 0.3) is 0 Å². The number of pyridine rings is 1. The zero-order valence-electron chi connectivity index (χ0n) is 13.1. The third-order valence-corrected chi connectivity index (χ3v) is 5.68. The van der Waals surface area contributed by atoms with E-state index in [4.69, 9.17) is 14.6 Å². The number of hydrogen-bond acceptors (Lipinski definition) is 6. The highest BCUT2D eigenvalue weighted by Gasteiger charge is 2.31. The van der Waals surface area contributed by atoms with Crippen LogP contribution in [0.1, 0.15) is 21.6 Å². The SMILES string of the molecule is COC[C@@H](CS(=O)(=O)N1CCc2c(ccnc2C(=O)O)C1)OC. The summed E-state index contributed by atoms with van der Waals surface area (Å²) < 4.78 is 36.4. The number of aromatic carboxylic acids is 1. The van der Waals surface area contributed by atoms with Crippen molar-refractivity contribution in [2.45, 2.75) is 19.1 Å². The van der Waals surface area contributed by atoms with Gasteiger partial charge in [-0.05, 0) is 23.6 Å². The van der Waals surface area contributed by atoms with Crippen LogP contribution >= 0.6 is 0 Å². The Balaban J connectivity index is 2.18. The summed E-state index contributed by atoms with van der Waals surface area (Å²) in [6.07, 6.45) is 1.17. The minimum atomic E-state index is -3.53. The fourth-order valence-corrected chi connectivity index (χ4v) is 4.22. The second-order valence-electron chi connectivity index (χ2n) is 5.28. The lowest BCUT2D eigenvalue weighted by Crippen LogP contribution is -2.41. The minimum absolute atomic E-state index is 0.00583. The predicted octanol–water partition coefficient (Wildman–Crippen LogP) is 0.129. The van der Waals surface area contributed by atoms with Crippen LogP contribution in [0.5, 0.6) is 0 Å². The van der Waals surface area contributed by atoms with Crippen LogP contribution in [0.2, 0.25) is 0 Å². The topological polar surface area (TPSA) is 106 Å². The fraction of sp³-hybridized carbons (Fsp3) is 0.571. The molecule has 1 N–H and O–H groups in total. The molecule has 1 atom stereocenters. The van der Waals surface area contributed by atoms with Gasteiger partial charge in [-0.1, -0.05) is 0 Å². The summed E-state index contributed by atoms with van der Waals surface area (Å²) in [5, 5.41) is 9.15. The Morgan fingerprint density at radius 1 is 1.48 bits per heavy atom. The Bertz CT molecular complexity index is 676. The van der Waals surface area contributed by atoms with E-state index in [0.717, 1.165) is 0 Å². The Morgan fingerprint density at radius 3 is 2.83 bits per heavy atom. The first-order chi connectivity index (χ1) is 10.9. The molecule has 1 aromatic rings. The smallest absolute Gasteiger partial charge is 0.354 e. The van der Waals surface area contributed by atoms with Gasteiger partial charge in [-0.25, -0.2) is 18.2 Å². The maximum atomic E-state index is 12.5. The first-order valence-electron chi connectivity index (χ1n) is 7.08. The molecule has 23 heavy (non-hydrogen) atoms. The van der Waals surface area contributed by atoms with Crippen molar-refractivity contribution in [3.63, 3.8) is 0 Å². The molecular weight excluding hydrogens is 324 g/mol. The quantitative estimate of drug-likeness (QED) is 0.749. The maximum absolute atomic E-state index is 12.5. The van der Waals surface area contributed by atoms with Crippen molar-refractivity contribution in [3.8, 4) is 0 Å². The molecule has 0 spiro atoms. The molecular formula is C14H20N2O6S. The normalized spacial score (nSPS) is 16.8. The lowest BCUT2D eigenvalue weighted by molar-refractivity contribution is 0.0413. The number of carbonyl (C=O) groups is 1. The number of carboxylic acid groups (broad SMARTS) is 1. The van der Waals surface area contributed by atoms with Crippen molar-refractivity contribution < 1.29 is 27.8 Å². The number of sulfonamides is 1. The van der Waals surface area contributed by atoms with Gasteiger partial charge in [-0.2, -0.15) is 4.31 Å². The molecule has 0 aromatic carbocycles. The van der Waals surface area contributed by atoms with Crippen LogP contribution in [0.4, 0.5) is 0 Å². The largest absolute Gasteiger partial charge is 0.477 e. The molecule has 1 aromatic heterocycles. The van der Waals surface area contributed by atoms with Crippen LogP contribution in [0, 0.1) is 0 Å². The molecule has 9 heteroatoms. The molecule has 0 saturated carbocycles. The Kier molecular flexibility index (Phi) is 5.69. The minimum Gasteiger partial charge on any atom is -0.477 e. The summed E-state index contributed by atoms with van der Waals surface area (Å²) in [6, 6.07) is 1.66. The van der Waals surface area contributed by atoms with Crippen LogP contribution in [0.3, 0.4) is 0 Å². The van der Waals surface area contributed by atoms with E-state index in [0.29, 0.717) is 17.5 Å². The van der Waals surface area contributed by atoms with Gasteiger partial charge in [0.05, 0.1) is 18.5 Å². The molecule has 1 aliphatic heterocycles. The number of fused-ring (bicyclic) bond motifs is 1. The van der Waals surface area contributed by atoms with Crippen LogP contribution in [0.15, 0.2) is 12.3 Å². The summed E-state index contributed by atoms with van der Waals surface area (Å²) in [7, 11) is -0.610. The molecule has 8 nitrogen and oxygen atoms in total. The van der Waals surface area contributed by atoms with Gasteiger partial charge in [-0.3, -0.25) is 0 Å². The average molecular weight is 344 g/mol. The van der Waals surface area contributed by atoms with E-state index < -0.39 is 22.1 Å². The summed E-state index contributed by atoms with van der Waals surface area (Å²) in [6.45, 7) is 0.557. The monoisotopic (exact) mass is 344 g/mol. The van der Waals surface area contributed by atoms with Gasteiger partial charge in [0.2, 0.25) is 10.0 Å². The highest BCUT2D eigenvalue weighted by Crippen LogP contribution is 2.23. The number of methoxy groups -OCH3 is 2. The van der Waals surface area contributed by atoms with Crippen molar-refractivity contribution in [1.82, 2.24) is 9.29 Å². The third kappa shape index (κ3) is 4.05. The molecule has 0 fully saturated rings. The van der Waals surface area contributed by atoms with Gasteiger partial charge in [-0.15, -0.1) is 0 Å². The van der Waals surface area contributed by atoms with E-state index in [2.05, 4.69) is 4.98 Å². The van der Waals surface area contributed by atoms with Crippen molar-refractivity contribution in [1.29, 1.82) is 0 Å². The molecule has 0 amide bonds. The van der Waals surface area contributed by atoms with E-state index in [1.165, 1.54) is 24.7 Å². The van der Waals surface area contributed by atoms with Gasteiger partial charge < -0.3 is 14.6 Å². The summed E-state index contributed by atoms with van der Waals surface area (Å²) in [5.74, 6) is -1.28. The first kappa shape index (κ1) is 17.8. The number of ether oxygens (including phenoxy) is 2. The van der Waals surface area contributed by atoms with E-state index in [-0.39, 0.29) is 31.1 Å². The second kappa shape index (κ2) is 7.35. The Hall–Kier alpha value is -1.55. The Labute approximate surface area is 135 Å². The van der Waals surface area contributed by atoms with Crippen LogP contribution in [0.25, 0.3) is 0 Å². The molecule has 128 valence electrons. The van der Waals surface area contributed by atoms with Crippen LogP contribution in [-0.4, -0.2) is 68.0 Å². The van der Waals surface area contributed by atoms with E-state index in [1.807, 2.05) is 0 Å². The number of rotatable bonds is 7. The summed E-state index contributed by atoms with van der Waals surface area (Å²) in [5.41, 5.74) is 1.27. The average Bonchev–Trinajstić information content (AvgIpc) is 2.52. The zero-order chi connectivity index (χ0) is 17.0.